The lowest BCUT2D eigenvalue weighted by Crippen LogP contribution is -2.15. The van der Waals surface area contributed by atoms with Crippen molar-refractivity contribution in [3.63, 3.8) is 0 Å². The number of hydrogen-bond donors (Lipinski definition) is 2. The quantitative estimate of drug-likeness (QED) is 0.715. The molecule has 1 aromatic carbocycles. The molecule has 0 spiro atoms. The molecular formula is C10H15NO. The Labute approximate surface area is 73.0 Å². The van der Waals surface area contributed by atoms with E-state index in [1.54, 1.807) is 12.1 Å². The van der Waals surface area contributed by atoms with Crippen LogP contribution in [-0.2, 0) is 6.42 Å². The van der Waals surface area contributed by atoms with Crippen LogP contribution in [0, 0.1) is 0 Å². The molecule has 0 bridgehead atoms. The fourth-order valence-corrected chi connectivity index (χ4v) is 1.06. The van der Waals surface area contributed by atoms with Crippen molar-refractivity contribution in [3.8, 4) is 5.75 Å². The van der Waals surface area contributed by atoms with Crippen LogP contribution in [0.1, 0.15) is 18.9 Å². The van der Waals surface area contributed by atoms with Gasteiger partial charge in [0.25, 0.3) is 0 Å². The minimum Gasteiger partial charge on any atom is -0.508 e. The highest BCUT2D eigenvalue weighted by Gasteiger charge is 1.96. The minimum absolute atomic E-state index is 0.249. The molecule has 0 amide bonds. The molecule has 2 heteroatoms. The number of nitrogens with two attached hydrogens (primary N) is 1. The third-order valence-corrected chi connectivity index (χ3v) is 1.82. The van der Waals surface area contributed by atoms with E-state index in [2.05, 4.69) is 0 Å². The van der Waals surface area contributed by atoms with E-state index in [1.165, 1.54) is 5.56 Å². The predicted octanol–water partition coefficient (Wildman–Crippen LogP) is 1.67. The Balaban J connectivity index is 2.48. The first-order valence-electron chi connectivity index (χ1n) is 4.22. The zero-order valence-electron chi connectivity index (χ0n) is 7.33. The van der Waals surface area contributed by atoms with Gasteiger partial charge in [0.05, 0.1) is 0 Å². The molecule has 3 N–H and O–H groups in total. The van der Waals surface area contributed by atoms with Crippen molar-refractivity contribution >= 4 is 0 Å². The van der Waals surface area contributed by atoms with E-state index in [0.717, 1.165) is 12.8 Å². The van der Waals surface area contributed by atoms with Crippen molar-refractivity contribution in [3.05, 3.63) is 29.8 Å². The van der Waals surface area contributed by atoms with Gasteiger partial charge in [0, 0.05) is 6.04 Å². The zero-order chi connectivity index (χ0) is 8.97. The largest absolute Gasteiger partial charge is 0.508 e. The summed E-state index contributed by atoms with van der Waals surface area (Å²) >= 11 is 0. The van der Waals surface area contributed by atoms with Crippen LogP contribution in [0.15, 0.2) is 24.3 Å². The molecule has 0 fully saturated rings. The SMILES string of the molecule is C[C@H](N)CCc1ccc(O)cc1. The summed E-state index contributed by atoms with van der Waals surface area (Å²) in [4.78, 5) is 0. The number of benzene rings is 1. The fourth-order valence-electron chi connectivity index (χ4n) is 1.06. The van der Waals surface area contributed by atoms with Crippen molar-refractivity contribution in [2.24, 2.45) is 5.73 Å². The van der Waals surface area contributed by atoms with E-state index in [1.807, 2.05) is 19.1 Å². The number of phenolic OH excluding ortho intramolecular Hbond substituents is 1. The second kappa shape index (κ2) is 4.12. The van der Waals surface area contributed by atoms with Crippen LogP contribution in [0.25, 0.3) is 0 Å². The number of hydrogen-bond acceptors (Lipinski definition) is 2. The summed E-state index contributed by atoms with van der Waals surface area (Å²) in [5.74, 6) is 0.319. The molecule has 0 unspecified atom stereocenters. The molecular weight excluding hydrogens is 150 g/mol. The smallest absolute Gasteiger partial charge is 0.115 e. The Kier molecular flexibility index (Phi) is 3.11. The molecule has 0 aromatic heterocycles. The van der Waals surface area contributed by atoms with Crippen LogP contribution >= 0.6 is 0 Å². The predicted molar refractivity (Wildman–Crippen MR) is 50.1 cm³/mol. The van der Waals surface area contributed by atoms with Gasteiger partial charge in [-0.1, -0.05) is 12.1 Å². The van der Waals surface area contributed by atoms with Crippen LogP contribution in [0.4, 0.5) is 0 Å². The minimum atomic E-state index is 0.249. The number of aryl methyl sites for hydroxylation is 1. The van der Waals surface area contributed by atoms with Crippen molar-refractivity contribution in [1.82, 2.24) is 0 Å². The fraction of sp³-hybridized carbons (Fsp3) is 0.400. The molecule has 2 nitrogen and oxygen atoms in total. The molecule has 1 aromatic rings. The lowest BCUT2D eigenvalue weighted by molar-refractivity contribution is 0.475. The summed E-state index contributed by atoms with van der Waals surface area (Å²) in [6.07, 6.45) is 1.97. The van der Waals surface area contributed by atoms with E-state index in [0.29, 0.717) is 5.75 Å². The van der Waals surface area contributed by atoms with E-state index in [-0.39, 0.29) is 6.04 Å². The third kappa shape index (κ3) is 2.93. The molecule has 0 aliphatic carbocycles. The van der Waals surface area contributed by atoms with E-state index < -0.39 is 0 Å². The summed E-state index contributed by atoms with van der Waals surface area (Å²) in [7, 11) is 0. The molecule has 66 valence electrons. The lowest BCUT2D eigenvalue weighted by Gasteiger charge is -2.04. The summed E-state index contributed by atoms with van der Waals surface area (Å²) in [6.45, 7) is 2.00. The highest BCUT2D eigenvalue weighted by atomic mass is 16.3. The topological polar surface area (TPSA) is 46.2 Å². The first-order valence-corrected chi connectivity index (χ1v) is 4.22. The van der Waals surface area contributed by atoms with Gasteiger partial charge in [0.2, 0.25) is 0 Å². The summed E-state index contributed by atoms with van der Waals surface area (Å²) in [5, 5.41) is 9.01. The van der Waals surface area contributed by atoms with Gasteiger partial charge < -0.3 is 10.8 Å². The van der Waals surface area contributed by atoms with Gasteiger partial charge in [-0.2, -0.15) is 0 Å². The molecule has 0 radical (unpaired) electrons. The lowest BCUT2D eigenvalue weighted by atomic mass is 10.1. The maximum absolute atomic E-state index is 9.01. The van der Waals surface area contributed by atoms with Gasteiger partial charge in [-0.05, 0) is 37.5 Å². The third-order valence-electron chi connectivity index (χ3n) is 1.82. The van der Waals surface area contributed by atoms with Crippen molar-refractivity contribution in [1.29, 1.82) is 0 Å². The van der Waals surface area contributed by atoms with Gasteiger partial charge >= 0.3 is 0 Å². The van der Waals surface area contributed by atoms with Crippen LogP contribution < -0.4 is 5.73 Å². The second-order valence-corrected chi connectivity index (χ2v) is 3.18. The van der Waals surface area contributed by atoms with Gasteiger partial charge in [-0.3, -0.25) is 0 Å². The van der Waals surface area contributed by atoms with Gasteiger partial charge in [-0.25, -0.2) is 0 Å². The zero-order valence-corrected chi connectivity index (χ0v) is 7.33. The molecule has 0 aliphatic heterocycles. The molecule has 0 saturated carbocycles. The Hall–Kier alpha value is -1.02. The standard InChI is InChI=1S/C10H15NO/c1-8(11)2-3-9-4-6-10(12)7-5-9/h4-8,12H,2-3,11H2,1H3/t8-/m0/s1. The summed E-state index contributed by atoms with van der Waals surface area (Å²) in [5.41, 5.74) is 6.85. The molecule has 0 heterocycles. The first-order chi connectivity index (χ1) is 5.68. The number of rotatable bonds is 3. The van der Waals surface area contributed by atoms with Crippen LogP contribution in [0.5, 0.6) is 5.75 Å². The Morgan fingerprint density at radius 1 is 1.33 bits per heavy atom. The Bertz CT molecular complexity index is 228. The van der Waals surface area contributed by atoms with E-state index in [4.69, 9.17) is 10.8 Å². The van der Waals surface area contributed by atoms with Crippen LogP contribution in [0.3, 0.4) is 0 Å². The second-order valence-electron chi connectivity index (χ2n) is 3.18. The van der Waals surface area contributed by atoms with Crippen molar-refractivity contribution in [2.45, 2.75) is 25.8 Å². The molecule has 1 rings (SSSR count). The first kappa shape index (κ1) is 9.07. The van der Waals surface area contributed by atoms with Crippen molar-refractivity contribution in [2.75, 3.05) is 0 Å². The highest BCUT2D eigenvalue weighted by molar-refractivity contribution is 5.25. The molecule has 0 aliphatic rings. The molecule has 12 heavy (non-hydrogen) atoms. The Morgan fingerprint density at radius 3 is 2.42 bits per heavy atom. The van der Waals surface area contributed by atoms with Gasteiger partial charge in [0.15, 0.2) is 0 Å². The maximum atomic E-state index is 9.01. The maximum Gasteiger partial charge on any atom is 0.115 e. The summed E-state index contributed by atoms with van der Waals surface area (Å²) < 4.78 is 0. The number of phenols is 1. The monoisotopic (exact) mass is 165 g/mol. The number of aromatic hydroxyl groups is 1. The average molecular weight is 165 g/mol. The normalized spacial score (nSPS) is 12.8. The Morgan fingerprint density at radius 2 is 1.92 bits per heavy atom. The summed E-state index contributed by atoms with van der Waals surface area (Å²) in [6, 6.07) is 7.52. The van der Waals surface area contributed by atoms with Gasteiger partial charge in [-0.15, -0.1) is 0 Å². The van der Waals surface area contributed by atoms with Crippen LogP contribution in [-0.4, -0.2) is 11.1 Å². The average Bonchev–Trinajstić information content (AvgIpc) is 2.03. The van der Waals surface area contributed by atoms with Crippen molar-refractivity contribution < 1.29 is 5.11 Å². The van der Waals surface area contributed by atoms with Crippen LogP contribution in [0.2, 0.25) is 0 Å². The van der Waals surface area contributed by atoms with E-state index in [9.17, 15) is 0 Å². The molecule has 1 atom stereocenters. The molecule has 0 saturated heterocycles. The van der Waals surface area contributed by atoms with Gasteiger partial charge in [0.1, 0.15) is 5.75 Å². The van der Waals surface area contributed by atoms with E-state index >= 15 is 0 Å². The highest BCUT2D eigenvalue weighted by Crippen LogP contribution is 2.11.